The smallest absolute Gasteiger partial charge is 0.0653 e. The number of aliphatic hydroxyl groups is 1. The third-order valence-electron chi connectivity index (χ3n) is 1.93. The molecule has 0 fully saturated rings. The molecule has 0 aliphatic heterocycles. The normalized spacial score (nSPS) is 10.6. The highest BCUT2D eigenvalue weighted by atomic mass is 16.2. The number of rotatable bonds is 4. The Hall–Kier alpha value is -0.830. The first-order valence-electron chi connectivity index (χ1n) is 4.40. The second kappa shape index (κ2) is 4.26. The summed E-state index contributed by atoms with van der Waals surface area (Å²) in [6.45, 7) is 2.36. The highest BCUT2D eigenvalue weighted by Crippen LogP contribution is 2.09. The van der Waals surface area contributed by atoms with Crippen LogP contribution in [-0.2, 0) is 19.9 Å². The number of aliphatic hydroxyl groups excluding tert-OH is 1. The highest BCUT2D eigenvalue weighted by Gasteiger charge is 2.04. The fraction of sp³-hybridized carbons (Fsp3) is 0.667. The molecule has 0 aromatic carbocycles. The largest absolute Gasteiger partial charge is 0.396 e. The van der Waals surface area contributed by atoms with Crippen LogP contribution in [0.25, 0.3) is 0 Å². The Morgan fingerprint density at radius 1 is 1.58 bits per heavy atom. The molecule has 1 heterocycles. The van der Waals surface area contributed by atoms with Crippen LogP contribution >= 0.6 is 0 Å². The van der Waals surface area contributed by atoms with Crippen LogP contribution < -0.4 is 0 Å². The quantitative estimate of drug-likeness (QED) is 0.725. The van der Waals surface area contributed by atoms with E-state index in [4.69, 9.17) is 5.11 Å². The highest BCUT2D eigenvalue weighted by molar-refractivity contribution is 5.16. The van der Waals surface area contributed by atoms with Crippen molar-refractivity contribution in [1.82, 2.24) is 9.78 Å². The summed E-state index contributed by atoms with van der Waals surface area (Å²) in [5, 5.41) is 13.0. The van der Waals surface area contributed by atoms with Crippen molar-refractivity contribution in [1.29, 1.82) is 0 Å². The average molecular weight is 168 g/mol. The van der Waals surface area contributed by atoms with Gasteiger partial charge in [0.1, 0.15) is 0 Å². The minimum absolute atomic E-state index is 0.262. The summed E-state index contributed by atoms with van der Waals surface area (Å²) in [7, 11) is 1.93. The fourth-order valence-electron chi connectivity index (χ4n) is 1.36. The lowest BCUT2D eigenvalue weighted by Crippen LogP contribution is -1.92. The maximum absolute atomic E-state index is 8.67. The summed E-state index contributed by atoms with van der Waals surface area (Å²) in [4.78, 5) is 0. The van der Waals surface area contributed by atoms with E-state index in [1.807, 2.05) is 17.9 Å². The molecule has 0 amide bonds. The summed E-state index contributed by atoms with van der Waals surface area (Å²) >= 11 is 0. The molecular weight excluding hydrogens is 152 g/mol. The number of aromatic nitrogens is 2. The molecule has 1 N–H and O–H groups in total. The maximum Gasteiger partial charge on any atom is 0.0653 e. The molecule has 0 bridgehead atoms. The Kier molecular flexibility index (Phi) is 3.29. The first kappa shape index (κ1) is 9.26. The first-order chi connectivity index (χ1) is 5.77. The van der Waals surface area contributed by atoms with Gasteiger partial charge < -0.3 is 5.11 Å². The summed E-state index contributed by atoms with van der Waals surface area (Å²) in [5.41, 5.74) is 2.43. The van der Waals surface area contributed by atoms with Gasteiger partial charge in [-0.15, -0.1) is 0 Å². The van der Waals surface area contributed by atoms with Gasteiger partial charge in [0.15, 0.2) is 0 Å². The van der Waals surface area contributed by atoms with E-state index in [0.717, 1.165) is 25.0 Å². The van der Waals surface area contributed by atoms with Crippen LogP contribution in [0.2, 0.25) is 0 Å². The number of nitrogens with zero attached hydrogens (tertiary/aromatic N) is 2. The van der Waals surface area contributed by atoms with E-state index in [2.05, 4.69) is 12.0 Å². The summed E-state index contributed by atoms with van der Waals surface area (Å²) in [5.74, 6) is 0. The molecule has 0 aliphatic carbocycles. The molecule has 0 radical (unpaired) electrons. The molecule has 0 saturated carbocycles. The molecule has 0 saturated heterocycles. The van der Waals surface area contributed by atoms with Crippen molar-refractivity contribution in [2.75, 3.05) is 6.61 Å². The summed E-state index contributed by atoms with van der Waals surface area (Å²) in [6, 6.07) is 0. The van der Waals surface area contributed by atoms with Crippen molar-refractivity contribution in [3.8, 4) is 0 Å². The maximum atomic E-state index is 8.67. The molecule has 1 aromatic heterocycles. The van der Waals surface area contributed by atoms with E-state index < -0.39 is 0 Å². The van der Waals surface area contributed by atoms with Gasteiger partial charge in [-0.05, 0) is 24.8 Å². The molecule has 1 rings (SSSR count). The Bertz CT molecular complexity index is 243. The van der Waals surface area contributed by atoms with E-state index in [9.17, 15) is 0 Å². The number of hydrogen-bond acceptors (Lipinski definition) is 2. The zero-order valence-electron chi connectivity index (χ0n) is 7.75. The Morgan fingerprint density at radius 3 is 2.92 bits per heavy atom. The molecule has 0 atom stereocenters. The molecule has 68 valence electrons. The molecule has 3 heteroatoms. The van der Waals surface area contributed by atoms with E-state index in [1.54, 1.807) is 0 Å². The van der Waals surface area contributed by atoms with Crippen molar-refractivity contribution in [3.63, 3.8) is 0 Å². The van der Waals surface area contributed by atoms with Gasteiger partial charge in [-0.25, -0.2) is 0 Å². The third-order valence-corrected chi connectivity index (χ3v) is 1.93. The summed E-state index contributed by atoms with van der Waals surface area (Å²) < 4.78 is 1.84. The fourth-order valence-corrected chi connectivity index (χ4v) is 1.36. The van der Waals surface area contributed by atoms with Crippen molar-refractivity contribution < 1.29 is 5.11 Å². The van der Waals surface area contributed by atoms with Gasteiger partial charge in [0.05, 0.1) is 5.69 Å². The van der Waals surface area contributed by atoms with Gasteiger partial charge in [-0.1, -0.05) is 6.92 Å². The second-order valence-electron chi connectivity index (χ2n) is 2.96. The molecule has 1 aromatic rings. The zero-order chi connectivity index (χ0) is 8.97. The lowest BCUT2D eigenvalue weighted by molar-refractivity contribution is 0.288. The number of aryl methyl sites for hydroxylation is 3. The second-order valence-corrected chi connectivity index (χ2v) is 2.96. The Balaban J connectivity index is 2.68. The molecule has 0 unspecified atom stereocenters. The van der Waals surface area contributed by atoms with Gasteiger partial charge in [-0.2, -0.15) is 5.10 Å². The van der Waals surface area contributed by atoms with Crippen molar-refractivity contribution in [2.45, 2.75) is 26.2 Å². The van der Waals surface area contributed by atoms with E-state index in [0.29, 0.717) is 0 Å². The van der Waals surface area contributed by atoms with Crippen LogP contribution in [0, 0.1) is 0 Å². The van der Waals surface area contributed by atoms with Crippen molar-refractivity contribution in [2.24, 2.45) is 7.05 Å². The van der Waals surface area contributed by atoms with Gasteiger partial charge in [0.25, 0.3) is 0 Å². The molecule has 0 spiro atoms. The van der Waals surface area contributed by atoms with E-state index in [1.165, 1.54) is 5.56 Å². The van der Waals surface area contributed by atoms with Crippen LogP contribution in [0.5, 0.6) is 0 Å². The van der Waals surface area contributed by atoms with Gasteiger partial charge >= 0.3 is 0 Å². The minimum atomic E-state index is 0.262. The topological polar surface area (TPSA) is 38.0 Å². The lowest BCUT2D eigenvalue weighted by atomic mass is 10.1. The van der Waals surface area contributed by atoms with Crippen LogP contribution in [0.15, 0.2) is 6.20 Å². The third kappa shape index (κ3) is 2.08. The average Bonchev–Trinajstić information content (AvgIpc) is 2.42. The molecule has 0 aliphatic rings. The summed E-state index contributed by atoms with van der Waals surface area (Å²) in [6.07, 6.45) is 4.78. The van der Waals surface area contributed by atoms with Crippen molar-refractivity contribution in [3.05, 3.63) is 17.5 Å². The monoisotopic (exact) mass is 168 g/mol. The molecular formula is C9H16N2O. The Labute approximate surface area is 73.0 Å². The SMILES string of the molecule is CCc1nn(C)cc1CCCO. The van der Waals surface area contributed by atoms with Crippen LogP contribution in [0.1, 0.15) is 24.6 Å². The number of hydrogen-bond donors (Lipinski definition) is 1. The molecule has 3 nitrogen and oxygen atoms in total. The van der Waals surface area contributed by atoms with Crippen LogP contribution in [-0.4, -0.2) is 21.5 Å². The predicted octanol–water partition coefficient (Wildman–Crippen LogP) is 0.907. The van der Waals surface area contributed by atoms with E-state index >= 15 is 0 Å². The molecule has 12 heavy (non-hydrogen) atoms. The van der Waals surface area contributed by atoms with Crippen molar-refractivity contribution >= 4 is 0 Å². The van der Waals surface area contributed by atoms with Crippen LogP contribution in [0.3, 0.4) is 0 Å². The standard InChI is InChI=1S/C9H16N2O/c1-3-9-8(5-4-6-12)7-11(2)10-9/h7,12H,3-6H2,1-2H3. The van der Waals surface area contributed by atoms with Gasteiger partial charge in [0, 0.05) is 19.9 Å². The Morgan fingerprint density at radius 2 is 2.33 bits per heavy atom. The minimum Gasteiger partial charge on any atom is -0.396 e. The van der Waals surface area contributed by atoms with Gasteiger partial charge in [0.2, 0.25) is 0 Å². The predicted molar refractivity (Wildman–Crippen MR) is 48.0 cm³/mol. The van der Waals surface area contributed by atoms with Gasteiger partial charge in [-0.3, -0.25) is 4.68 Å². The lowest BCUT2D eigenvalue weighted by Gasteiger charge is -1.96. The zero-order valence-corrected chi connectivity index (χ0v) is 7.75. The first-order valence-corrected chi connectivity index (χ1v) is 4.40. The van der Waals surface area contributed by atoms with Crippen LogP contribution in [0.4, 0.5) is 0 Å². The van der Waals surface area contributed by atoms with E-state index in [-0.39, 0.29) is 6.61 Å².